The van der Waals surface area contributed by atoms with Gasteiger partial charge in [-0.15, -0.1) is 0 Å². The molecule has 6 rings (SSSR count). The van der Waals surface area contributed by atoms with Gasteiger partial charge in [0.15, 0.2) is 0 Å². The number of hydrogen-bond donors (Lipinski definition) is 1. The van der Waals surface area contributed by atoms with Gasteiger partial charge >= 0.3 is 0 Å². The Morgan fingerprint density at radius 2 is 1.87 bits per heavy atom. The van der Waals surface area contributed by atoms with Crippen LogP contribution in [-0.4, -0.2) is 68.4 Å². The van der Waals surface area contributed by atoms with Crippen molar-refractivity contribution in [3.05, 3.63) is 77.4 Å². The zero-order valence-electron chi connectivity index (χ0n) is 20.9. The van der Waals surface area contributed by atoms with E-state index in [0.717, 1.165) is 37.1 Å². The molecule has 1 atom stereocenters. The van der Waals surface area contributed by atoms with E-state index < -0.39 is 0 Å². The van der Waals surface area contributed by atoms with Crippen LogP contribution in [0, 0.1) is 5.82 Å². The van der Waals surface area contributed by atoms with Crippen molar-refractivity contribution in [1.29, 1.82) is 0 Å². The van der Waals surface area contributed by atoms with Gasteiger partial charge < -0.3 is 15.0 Å². The number of ether oxygens (including phenoxy) is 1. The first-order valence-electron chi connectivity index (χ1n) is 12.9. The molecule has 0 aliphatic carbocycles. The zero-order chi connectivity index (χ0) is 25.9. The molecular formula is C27H29FN8O2. The lowest BCUT2D eigenvalue weighted by Crippen LogP contribution is -2.46. The number of aromatic nitrogens is 6. The summed E-state index contributed by atoms with van der Waals surface area (Å²) >= 11 is 0. The summed E-state index contributed by atoms with van der Waals surface area (Å²) < 4.78 is 23.0. The Labute approximate surface area is 219 Å². The van der Waals surface area contributed by atoms with Gasteiger partial charge in [0.1, 0.15) is 5.82 Å². The second-order valence-electron chi connectivity index (χ2n) is 9.65. The van der Waals surface area contributed by atoms with E-state index >= 15 is 0 Å². The van der Waals surface area contributed by atoms with E-state index in [9.17, 15) is 9.18 Å². The summed E-state index contributed by atoms with van der Waals surface area (Å²) in [6, 6.07) is 9.63. The summed E-state index contributed by atoms with van der Waals surface area (Å²) in [6.45, 7) is 3.95. The normalized spacial score (nSPS) is 18.6. The first-order chi connectivity index (χ1) is 18.6. The Balaban J connectivity index is 1.13. The van der Waals surface area contributed by atoms with E-state index in [1.807, 2.05) is 18.6 Å². The highest BCUT2D eigenvalue weighted by Gasteiger charge is 2.24. The van der Waals surface area contributed by atoms with Crippen molar-refractivity contribution < 1.29 is 9.13 Å². The number of nitrogens with one attached hydrogen (secondary N) is 1. The Morgan fingerprint density at radius 3 is 2.68 bits per heavy atom. The predicted molar refractivity (Wildman–Crippen MR) is 140 cm³/mol. The zero-order valence-corrected chi connectivity index (χ0v) is 20.9. The predicted octanol–water partition coefficient (Wildman–Crippen LogP) is 2.53. The van der Waals surface area contributed by atoms with E-state index in [1.54, 1.807) is 18.2 Å². The first kappa shape index (κ1) is 24.4. The van der Waals surface area contributed by atoms with Crippen molar-refractivity contribution in [3.8, 4) is 22.4 Å². The molecule has 3 aromatic heterocycles. The molecule has 0 saturated carbocycles. The molecule has 2 saturated heterocycles. The lowest BCUT2D eigenvalue weighted by Gasteiger charge is -2.33. The fourth-order valence-corrected chi connectivity index (χ4v) is 4.98. The molecule has 0 bridgehead atoms. The highest BCUT2D eigenvalue weighted by Crippen LogP contribution is 2.24. The van der Waals surface area contributed by atoms with Gasteiger partial charge in [-0.05, 0) is 44.1 Å². The maximum Gasteiger partial charge on any atom is 0.266 e. The van der Waals surface area contributed by atoms with Gasteiger partial charge in [0.05, 0.1) is 37.2 Å². The molecule has 0 amide bonds. The molecule has 4 aromatic rings. The minimum atomic E-state index is -0.352. The van der Waals surface area contributed by atoms with Crippen LogP contribution in [0.25, 0.3) is 22.4 Å². The lowest BCUT2D eigenvalue weighted by molar-refractivity contribution is 0.0260. The van der Waals surface area contributed by atoms with Crippen LogP contribution in [0.5, 0.6) is 0 Å². The monoisotopic (exact) mass is 516 g/mol. The van der Waals surface area contributed by atoms with Gasteiger partial charge in [-0.25, -0.2) is 19.0 Å². The van der Waals surface area contributed by atoms with E-state index in [2.05, 4.69) is 41.3 Å². The molecule has 5 heterocycles. The Morgan fingerprint density at radius 1 is 1.03 bits per heavy atom. The molecular weight excluding hydrogens is 487 g/mol. The van der Waals surface area contributed by atoms with Crippen molar-refractivity contribution in [2.75, 3.05) is 37.7 Å². The van der Waals surface area contributed by atoms with Gasteiger partial charge in [-0.2, -0.15) is 10.2 Å². The SMILES string of the molecule is O=c1ccc(-c2cccc(F)c2)nn1C[C@@H]1CN(c2ncc(-c3cnn(C4CCNCC4)c3)cn2)CCO1. The molecule has 2 aliphatic rings. The topological polar surface area (TPSA) is 103 Å². The lowest BCUT2D eigenvalue weighted by atomic mass is 10.1. The largest absolute Gasteiger partial charge is 0.373 e. The van der Waals surface area contributed by atoms with Crippen LogP contribution in [0.4, 0.5) is 10.3 Å². The number of morpholine rings is 1. The standard InChI is InChI=1S/C27H29FN8O2/c28-22-3-1-2-19(12-22)25-4-5-26(37)36(33-25)18-24-17-34(10-11-38-24)27-30-13-20(14-31-27)21-15-32-35(16-21)23-6-8-29-9-7-23/h1-5,12-16,23-24,29H,6-11,17-18H2/t24-/m0/s1. The number of anilines is 1. The summed E-state index contributed by atoms with van der Waals surface area (Å²) in [5.41, 5.74) is 2.82. The molecule has 10 nitrogen and oxygen atoms in total. The van der Waals surface area contributed by atoms with E-state index in [-0.39, 0.29) is 24.0 Å². The van der Waals surface area contributed by atoms with Crippen LogP contribution < -0.4 is 15.8 Å². The van der Waals surface area contributed by atoms with E-state index in [4.69, 9.17) is 4.74 Å². The number of benzene rings is 1. The van der Waals surface area contributed by atoms with E-state index in [0.29, 0.717) is 42.9 Å². The number of rotatable bonds is 6. The Hall–Kier alpha value is -3.96. The highest BCUT2D eigenvalue weighted by atomic mass is 19.1. The number of nitrogens with zero attached hydrogens (tertiary/aromatic N) is 7. The average Bonchev–Trinajstić information content (AvgIpc) is 3.46. The maximum absolute atomic E-state index is 13.7. The summed E-state index contributed by atoms with van der Waals surface area (Å²) in [6.07, 6.45) is 9.46. The van der Waals surface area contributed by atoms with Crippen LogP contribution in [-0.2, 0) is 11.3 Å². The van der Waals surface area contributed by atoms with E-state index in [1.165, 1.54) is 22.9 Å². The van der Waals surface area contributed by atoms with Gasteiger partial charge in [-0.1, -0.05) is 12.1 Å². The smallest absolute Gasteiger partial charge is 0.266 e. The minimum absolute atomic E-state index is 0.239. The van der Waals surface area contributed by atoms with Crippen molar-refractivity contribution in [1.82, 2.24) is 34.8 Å². The van der Waals surface area contributed by atoms with Crippen LogP contribution >= 0.6 is 0 Å². The second kappa shape index (κ2) is 10.8. The van der Waals surface area contributed by atoms with Crippen LogP contribution in [0.15, 0.2) is 66.0 Å². The third-order valence-corrected chi connectivity index (χ3v) is 7.04. The summed E-state index contributed by atoms with van der Waals surface area (Å²) in [5.74, 6) is 0.261. The van der Waals surface area contributed by atoms with Gasteiger partial charge in [-0.3, -0.25) is 9.48 Å². The highest BCUT2D eigenvalue weighted by molar-refractivity contribution is 5.60. The summed E-state index contributed by atoms with van der Waals surface area (Å²) in [5, 5.41) is 12.4. The molecule has 0 radical (unpaired) electrons. The van der Waals surface area contributed by atoms with Gasteiger partial charge in [0, 0.05) is 54.4 Å². The Bertz CT molecular complexity index is 1450. The third-order valence-electron chi connectivity index (χ3n) is 7.04. The summed E-state index contributed by atoms with van der Waals surface area (Å²) in [4.78, 5) is 23.8. The van der Waals surface area contributed by atoms with Crippen molar-refractivity contribution in [2.24, 2.45) is 0 Å². The van der Waals surface area contributed by atoms with Crippen LogP contribution in [0.2, 0.25) is 0 Å². The molecule has 2 fully saturated rings. The molecule has 38 heavy (non-hydrogen) atoms. The molecule has 11 heteroatoms. The van der Waals surface area contributed by atoms with Crippen LogP contribution in [0.1, 0.15) is 18.9 Å². The van der Waals surface area contributed by atoms with Crippen molar-refractivity contribution in [2.45, 2.75) is 31.5 Å². The number of halogens is 1. The summed E-state index contributed by atoms with van der Waals surface area (Å²) in [7, 11) is 0. The Kier molecular flexibility index (Phi) is 6.93. The van der Waals surface area contributed by atoms with Gasteiger partial charge in [0.2, 0.25) is 5.95 Å². The maximum atomic E-state index is 13.7. The number of piperidine rings is 1. The number of hydrogen-bond acceptors (Lipinski definition) is 8. The average molecular weight is 517 g/mol. The molecule has 0 unspecified atom stereocenters. The second-order valence-corrected chi connectivity index (χ2v) is 9.65. The molecule has 1 aromatic carbocycles. The fraction of sp³-hybridized carbons (Fsp3) is 0.370. The fourth-order valence-electron chi connectivity index (χ4n) is 4.98. The molecule has 196 valence electrons. The minimum Gasteiger partial charge on any atom is -0.373 e. The quantitative estimate of drug-likeness (QED) is 0.417. The van der Waals surface area contributed by atoms with Crippen LogP contribution in [0.3, 0.4) is 0 Å². The third kappa shape index (κ3) is 5.34. The van der Waals surface area contributed by atoms with Crippen molar-refractivity contribution in [3.63, 3.8) is 0 Å². The van der Waals surface area contributed by atoms with Gasteiger partial charge in [0.25, 0.3) is 5.56 Å². The molecule has 1 N–H and O–H groups in total. The molecule has 2 aliphatic heterocycles. The first-order valence-corrected chi connectivity index (χ1v) is 12.9. The molecule has 0 spiro atoms. The van der Waals surface area contributed by atoms with Crippen molar-refractivity contribution >= 4 is 5.95 Å².